The van der Waals surface area contributed by atoms with Gasteiger partial charge in [0.2, 0.25) is 0 Å². The fraction of sp³-hybridized carbons (Fsp3) is 0.429. The number of para-hydroxylation sites is 1. The molecule has 134 valence electrons. The van der Waals surface area contributed by atoms with Crippen molar-refractivity contribution in [1.82, 2.24) is 4.90 Å². The van der Waals surface area contributed by atoms with Gasteiger partial charge < -0.3 is 14.7 Å². The lowest BCUT2D eigenvalue weighted by molar-refractivity contribution is 0.0539. The van der Waals surface area contributed by atoms with E-state index < -0.39 is 11.9 Å². The lowest BCUT2D eigenvalue weighted by atomic mass is 9.90. The number of aliphatic hydroxyl groups is 1. The third kappa shape index (κ3) is 5.55. The molecule has 0 spiro atoms. The second-order valence-corrected chi connectivity index (χ2v) is 6.83. The molecule has 1 aliphatic heterocycles. The minimum absolute atomic E-state index is 0.116. The first kappa shape index (κ1) is 17.9. The molecule has 1 N–H and O–H groups in total. The summed E-state index contributed by atoms with van der Waals surface area (Å²) in [4.78, 5) is 2.27. The van der Waals surface area contributed by atoms with E-state index in [4.69, 9.17) is 4.74 Å². The summed E-state index contributed by atoms with van der Waals surface area (Å²) in [6, 6.07) is 16.9. The lowest BCUT2D eigenvalue weighted by Crippen LogP contribution is -2.41. The van der Waals surface area contributed by atoms with Gasteiger partial charge in [-0.25, -0.2) is 4.39 Å². The first-order valence-corrected chi connectivity index (χ1v) is 9.02. The lowest BCUT2D eigenvalue weighted by Gasteiger charge is -2.33. The van der Waals surface area contributed by atoms with Gasteiger partial charge in [0.25, 0.3) is 0 Å². The van der Waals surface area contributed by atoms with E-state index in [1.165, 1.54) is 11.6 Å². The van der Waals surface area contributed by atoms with E-state index in [1.54, 1.807) is 18.2 Å². The molecule has 0 aromatic heterocycles. The average Bonchev–Trinajstić information content (AvgIpc) is 2.64. The quantitative estimate of drug-likeness (QED) is 0.835. The van der Waals surface area contributed by atoms with Crippen LogP contribution >= 0.6 is 0 Å². The molecule has 3 rings (SSSR count). The molecule has 0 aliphatic carbocycles. The van der Waals surface area contributed by atoms with Crippen LogP contribution in [0.4, 0.5) is 4.39 Å². The van der Waals surface area contributed by atoms with Crippen LogP contribution in [0.1, 0.15) is 18.4 Å². The van der Waals surface area contributed by atoms with Gasteiger partial charge in [-0.3, -0.25) is 0 Å². The van der Waals surface area contributed by atoms with Crippen molar-refractivity contribution in [2.45, 2.75) is 25.4 Å². The summed E-state index contributed by atoms with van der Waals surface area (Å²) in [6.07, 6.45) is 2.82. The highest BCUT2D eigenvalue weighted by Crippen LogP contribution is 2.22. The summed E-state index contributed by atoms with van der Waals surface area (Å²) in [5.41, 5.74) is 1.40. The van der Waals surface area contributed by atoms with Crippen LogP contribution in [0.3, 0.4) is 0 Å². The number of hydrogen-bond acceptors (Lipinski definition) is 3. The second kappa shape index (κ2) is 8.97. The summed E-state index contributed by atoms with van der Waals surface area (Å²) in [5, 5.41) is 10.2. The maximum Gasteiger partial charge on any atom is 0.165 e. The number of β-amino-alcohol motifs (C(OH)–C–C–N with tert-alkyl or cyclic N) is 1. The molecule has 25 heavy (non-hydrogen) atoms. The molecule has 4 heteroatoms. The van der Waals surface area contributed by atoms with Gasteiger partial charge in [-0.1, -0.05) is 42.5 Å². The van der Waals surface area contributed by atoms with Crippen molar-refractivity contribution >= 4 is 0 Å². The van der Waals surface area contributed by atoms with E-state index in [0.717, 1.165) is 32.4 Å². The average molecular weight is 343 g/mol. The molecule has 1 aliphatic rings. The van der Waals surface area contributed by atoms with Gasteiger partial charge in [-0.2, -0.15) is 0 Å². The maximum atomic E-state index is 13.5. The monoisotopic (exact) mass is 343 g/mol. The van der Waals surface area contributed by atoms with Crippen LogP contribution in [-0.4, -0.2) is 42.4 Å². The Morgan fingerprint density at radius 2 is 1.72 bits per heavy atom. The molecule has 1 heterocycles. The highest BCUT2D eigenvalue weighted by atomic mass is 19.1. The van der Waals surface area contributed by atoms with Gasteiger partial charge in [-0.15, -0.1) is 0 Å². The molecule has 1 fully saturated rings. The van der Waals surface area contributed by atoms with E-state index in [2.05, 4.69) is 35.2 Å². The van der Waals surface area contributed by atoms with Crippen LogP contribution in [0.25, 0.3) is 0 Å². The Hall–Kier alpha value is -1.91. The molecule has 2 aromatic carbocycles. The Labute approximate surface area is 149 Å². The largest absolute Gasteiger partial charge is 0.488 e. The van der Waals surface area contributed by atoms with Crippen LogP contribution in [-0.2, 0) is 6.42 Å². The number of likely N-dealkylation sites (tertiary alicyclic amines) is 1. The number of nitrogens with zero attached hydrogens (tertiary/aromatic N) is 1. The maximum absolute atomic E-state index is 13.5. The van der Waals surface area contributed by atoms with Crippen LogP contribution in [0.5, 0.6) is 5.75 Å². The molecule has 3 nitrogen and oxygen atoms in total. The number of hydrogen-bond donors (Lipinski definition) is 1. The van der Waals surface area contributed by atoms with Crippen molar-refractivity contribution in [3.63, 3.8) is 0 Å². The zero-order valence-corrected chi connectivity index (χ0v) is 14.5. The third-order valence-electron chi connectivity index (χ3n) is 4.81. The highest BCUT2D eigenvalue weighted by Gasteiger charge is 2.21. The van der Waals surface area contributed by atoms with Gasteiger partial charge in [0.05, 0.1) is 0 Å². The van der Waals surface area contributed by atoms with E-state index >= 15 is 0 Å². The van der Waals surface area contributed by atoms with Crippen molar-refractivity contribution in [2.75, 3.05) is 26.2 Å². The van der Waals surface area contributed by atoms with E-state index in [-0.39, 0.29) is 12.4 Å². The first-order valence-electron chi connectivity index (χ1n) is 9.02. The molecule has 0 unspecified atom stereocenters. The minimum atomic E-state index is -0.606. The van der Waals surface area contributed by atoms with Crippen molar-refractivity contribution in [1.29, 1.82) is 0 Å². The van der Waals surface area contributed by atoms with Crippen molar-refractivity contribution < 1.29 is 14.2 Å². The second-order valence-electron chi connectivity index (χ2n) is 6.83. The molecule has 0 amide bonds. The van der Waals surface area contributed by atoms with Crippen LogP contribution in [0, 0.1) is 11.7 Å². The van der Waals surface area contributed by atoms with Gasteiger partial charge in [0.1, 0.15) is 12.7 Å². The number of ether oxygens (including phenoxy) is 1. The minimum Gasteiger partial charge on any atom is -0.488 e. The Bertz CT molecular complexity index is 641. The molecule has 2 aromatic rings. The smallest absolute Gasteiger partial charge is 0.165 e. The van der Waals surface area contributed by atoms with Crippen molar-refractivity contribution in [3.05, 3.63) is 66.0 Å². The van der Waals surface area contributed by atoms with Crippen LogP contribution in [0.2, 0.25) is 0 Å². The third-order valence-corrected chi connectivity index (χ3v) is 4.81. The fourth-order valence-electron chi connectivity index (χ4n) is 3.42. The summed E-state index contributed by atoms with van der Waals surface area (Å²) >= 11 is 0. The summed E-state index contributed by atoms with van der Waals surface area (Å²) < 4.78 is 18.9. The predicted octanol–water partition coefficient (Wildman–Crippen LogP) is 3.52. The van der Waals surface area contributed by atoms with Gasteiger partial charge in [-0.05, 0) is 56.0 Å². The zero-order chi connectivity index (χ0) is 17.5. The number of piperidine rings is 1. The van der Waals surface area contributed by atoms with E-state index in [1.807, 2.05) is 0 Å². The van der Waals surface area contributed by atoms with E-state index in [0.29, 0.717) is 12.5 Å². The van der Waals surface area contributed by atoms with Crippen molar-refractivity contribution in [2.24, 2.45) is 5.92 Å². The normalized spacial score (nSPS) is 17.4. The Morgan fingerprint density at radius 3 is 2.44 bits per heavy atom. The van der Waals surface area contributed by atoms with Gasteiger partial charge >= 0.3 is 0 Å². The molecular formula is C21H26FNO2. The van der Waals surface area contributed by atoms with Gasteiger partial charge in [0, 0.05) is 6.54 Å². The molecule has 1 atom stereocenters. The number of aliphatic hydroxyl groups excluding tert-OH is 1. The summed E-state index contributed by atoms with van der Waals surface area (Å²) in [5.74, 6) is 0.519. The first-order chi connectivity index (χ1) is 12.2. The Kier molecular flexibility index (Phi) is 6.42. The highest BCUT2D eigenvalue weighted by molar-refractivity contribution is 5.23. The molecule has 1 saturated heterocycles. The SMILES string of the molecule is O[C@@H](COc1ccccc1F)CN1CCC(Cc2ccccc2)CC1. The number of halogens is 1. The molecular weight excluding hydrogens is 317 g/mol. The van der Waals surface area contributed by atoms with Gasteiger partial charge in [0.15, 0.2) is 11.6 Å². The summed E-state index contributed by atoms with van der Waals surface area (Å²) in [6.45, 7) is 2.68. The summed E-state index contributed by atoms with van der Waals surface area (Å²) in [7, 11) is 0. The van der Waals surface area contributed by atoms with Crippen LogP contribution < -0.4 is 4.74 Å². The number of rotatable bonds is 7. The standard InChI is InChI=1S/C21H26FNO2/c22-20-8-4-5-9-21(20)25-16-19(24)15-23-12-10-18(11-13-23)14-17-6-2-1-3-7-17/h1-9,18-19,24H,10-16H2/t19-/m1/s1. The Balaban J connectivity index is 1.37. The zero-order valence-electron chi connectivity index (χ0n) is 14.5. The topological polar surface area (TPSA) is 32.7 Å². The molecule has 0 saturated carbocycles. The fourth-order valence-corrected chi connectivity index (χ4v) is 3.42. The predicted molar refractivity (Wildman–Crippen MR) is 97.2 cm³/mol. The van der Waals surface area contributed by atoms with Crippen LogP contribution in [0.15, 0.2) is 54.6 Å². The van der Waals surface area contributed by atoms with E-state index in [9.17, 15) is 9.50 Å². The molecule has 0 radical (unpaired) electrons. The van der Waals surface area contributed by atoms with Crippen molar-refractivity contribution in [3.8, 4) is 5.75 Å². The Morgan fingerprint density at radius 1 is 1.04 bits per heavy atom. The number of benzene rings is 2. The molecule has 0 bridgehead atoms.